The first-order valence-electron chi connectivity index (χ1n) is 5.32. The first kappa shape index (κ1) is 14.0. The highest BCUT2D eigenvalue weighted by Gasteiger charge is 2.14. The van der Waals surface area contributed by atoms with Crippen LogP contribution < -0.4 is 10.5 Å². The smallest absolute Gasteiger partial charge is 0.324 e. The summed E-state index contributed by atoms with van der Waals surface area (Å²) in [5.41, 5.74) is 6.41. The molecule has 0 bridgehead atoms. The van der Waals surface area contributed by atoms with Gasteiger partial charge in [-0.1, -0.05) is 29.8 Å². The first-order valence-corrected chi connectivity index (χ1v) is 6.11. The first-order chi connectivity index (χ1) is 7.91. The van der Waals surface area contributed by atoms with E-state index in [1.54, 1.807) is 0 Å². The molecular weight excluding hydrogens is 286 g/mol. The second-order valence-corrected chi connectivity index (χ2v) is 5.01. The minimum absolute atomic E-state index is 0.0311. The van der Waals surface area contributed by atoms with Crippen molar-refractivity contribution in [3.05, 3.63) is 28.2 Å². The summed E-state index contributed by atoms with van der Waals surface area (Å²) in [4.78, 5) is 10.6. The molecule has 1 aromatic rings. The summed E-state index contributed by atoms with van der Waals surface area (Å²) in [5, 5.41) is 8.67. The molecule has 0 spiro atoms. The molecule has 1 unspecified atom stereocenters. The van der Waals surface area contributed by atoms with Crippen molar-refractivity contribution in [3.8, 4) is 5.75 Å². The molecule has 3 N–H and O–H groups in total. The number of benzene rings is 1. The summed E-state index contributed by atoms with van der Waals surface area (Å²) in [6.45, 7) is 4.06. The molecule has 0 radical (unpaired) electrons. The molecule has 0 saturated heterocycles. The molecule has 17 heavy (non-hydrogen) atoms. The zero-order valence-electron chi connectivity index (χ0n) is 9.81. The quantitative estimate of drug-likeness (QED) is 0.876. The highest BCUT2D eigenvalue weighted by Crippen LogP contribution is 2.29. The largest absolute Gasteiger partial charge is 0.491 e. The number of carboxylic acids is 1. The molecule has 0 aliphatic heterocycles. The number of carboxylic acid groups (broad SMARTS) is 1. The van der Waals surface area contributed by atoms with Gasteiger partial charge in [0.05, 0.1) is 0 Å². The van der Waals surface area contributed by atoms with Crippen molar-refractivity contribution >= 4 is 21.9 Å². The van der Waals surface area contributed by atoms with Crippen molar-refractivity contribution < 1.29 is 14.6 Å². The molecule has 0 fully saturated rings. The molecule has 0 aliphatic carbocycles. The lowest BCUT2D eigenvalue weighted by atomic mass is 10.0. The van der Waals surface area contributed by atoms with Crippen LogP contribution in [0.15, 0.2) is 22.7 Å². The average Bonchev–Trinajstić information content (AvgIpc) is 2.26. The Morgan fingerprint density at radius 1 is 1.53 bits per heavy atom. The number of halogens is 1. The fraction of sp³-hybridized carbons (Fsp3) is 0.417. The van der Waals surface area contributed by atoms with Gasteiger partial charge in [0.2, 0.25) is 0 Å². The third-order valence-electron chi connectivity index (χ3n) is 2.33. The van der Waals surface area contributed by atoms with Gasteiger partial charge in [-0.05, 0) is 29.7 Å². The van der Waals surface area contributed by atoms with E-state index >= 15 is 0 Å². The van der Waals surface area contributed by atoms with Gasteiger partial charge in [0, 0.05) is 4.47 Å². The van der Waals surface area contributed by atoms with Gasteiger partial charge < -0.3 is 15.6 Å². The number of hydrogen-bond donors (Lipinski definition) is 2. The van der Waals surface area contributed by atoms with Crippen molar-refractivity contribution in [1.29, 1.82) is 0 Å². The molecule has 1 aromatic carbocycles. The minimum atomic E-state index is -1.06. The van der Waals surface area contributed by atoms with E-state index in [2.05, 4.69) is 15.9 Å². The lowest BCUT2D eigenvalue weighted by Gasteiger charge is -2.15. The molecule has 0 saturated carbocycles. The van der Waals surface area contributed by atoms with E-state index in [0.29, 0.717) is 11.7 Å². The minimum Gasteiger partial charge on any atom is -0.491 e. The fourth-order valence-electron chi connectivity index (χ4n) is 1.35. The van der Waals surface area contributed by atoms with Gasteiger partial charge >= 0.3 is 5.97 Å². The zero-order valence-corrected chi connectivity index (χ0v) is 11.4. The van der Waals surface area contributed by atoms with Crippen LogP contribution in [0.5, 0.6) is 5.75 Å². The molecule has 0 aromatic heterocycles. The van der Waals surface area contributed by atoms with E-state index in [1.807, 2.05) is 32.0 Å². The van der Waals surface area contributed by atoms with Gasteiger partial charge in [0.25, 0.3) is 0 Å². The predicted molar refractivity (Wildman–Crippen MR) is 69.3 cm³/mol. The van der Waals surface area contributed by atoms with E-state index in [1.165, 1.54) is 0 Å². The third-order valence-corrected chi connectivity index (χ3v) is 2.82. The van der Waals surface area contributed by atoms with Crippen LogP contribution in [0.25, 0.3) is 0 Å². The van der Waals surface area contributed by atoms with Gasteiger partial charge in [-0.15, -0.1) is 0 Å². The Labute approximate surface area is 109 Å². The summed E-state index contributed by atoms with van der Waals surface area (Å²) in [7, 11) is 0. The van der Waals surface area contributed by atoms with Crippen LogP contribution in [0.2, 0.25) is 0 Å². The monoisotopic (exact) mass is 301 g/mol. The molecule has 4 nitrogen and oxygen atoms in total. The van der Waals surface area contributed by atoms with E-state index in [0.717, 1.165) is 10.0 Å². The van der Waals surface area contributed by atoms with Crippen molar-refractivity contribution in [2.75, 3.05) is 6.61 Å². The second-order valence-electron chi connectivity index (χ2n) is 4.09. The zero-order chi connectivity index (χ0) is 13.0. The predicted octanol–water partition coefficient (Wildman–Crippen LogP) is 2.36. The Hall–Kier alpha value is -1.07. The van der Waals surface area contributed by atoms with E-state index < -0.39 is 12.0 Å². The van der Waals surface area contributed by atoms with Crippen molar-refractivity contribution in [2.24, 2.45) is 5.73 Å². The number of rotatable bonds is 5. The summed E-state index contributed by atoms with van der Waals surface area (Å²) in [6, 6.07) is 4.63. The third kappa shape index (κ3) is 4.02. The van der Waals surface area contributed by atoms with Gasteiger partial charge in [-0.3, -0.25) is 4.79 Å². The van der Waals surface area contributed by atoms with Gasteiger partial charge in [-0.25, -0.2) is 0 Å². The van der Waals surface area contributed by atoms with E-state index in [-0.39, 0.29) is 6.61 Å². The van der Waals surface area contributed by atoms with Crippen molar-refractivity contribution in [3.63, 3.8) is 0 Å². The van der Waals surface area contributed by atoms with Gasteiger partial charge in [0.15, 0.2) is 0 Å². The van der Waals surface area contributed by atoms with Crippen LogP contribution >= 0.6 is 15.9 Å². The van der Waals surface area contributed by atoms with Crippen LogP contribution in [0.4, 0.5) is 0 Å². The molecule has 1 rings (SSSR count). The van der Waals surface area contributed by atoms with Gasteiger partial charge in [-0.2, -0.15) is 0 Å². The van der Waals surface area contributed by atoms with E-state index in [9.17, 15) is 4.79 Å². The highest BCUT2D eigenvalue weighted by molar-refractivity contribution is 9.10. The Kier molecular flexibility index (Phi) is 4.96. The van der Waals surface area contributed by atoms with Crippen LogP contribution in [-0.4, -0.2) is 23.7 Å². The summed E-state index contributed by atoms with van der Waals surface area (Å²) in [5.74, 6) is -0.0864. The van der Waals surface area contributed by atoms with Gasteiger partial charge in [0.1, 0.15) is 18.4 Å². The van der Waals surface area contributed by atoms with Crippen LogP contribution in [0.3, 0.4) is 0 Å². The van der Waals surface area contributed by atoms with Crippen molar-refractivity contribution in [1.82, 2.24) is 0 Å². The SMILES string of the molecule is CC(C)c1cc(Br)ccc1OCC(N)C(=O)O. The molecular formula is C12H16BrNO3. The highest BCUT2D eigenvalue weighted by atomic mass is 79.9. The lowest BCUT2D eigenvalue weighted by Crippen LogP contribution is -2.36. The van der Waals surface area contributed by atoms with Crippen LogP contribution in [0.1, 0.15) is 25.3 Å². The maximum Gasteiger partial charge on any atom is 0.324 e. The maximum atomic E-state index is 10.6. The molecule has 94 valence electrons. The Morgan fingerprint density at radius 2 is 2.18 bits per heavy atom. The molecule has 0 heterocycles. The number of aliphatic carboxylic acids is 1. The number of nitrogens with two attached hydrogens (primary N) is 1. The molecule has 1 atom stereocenters. The molecule has 5 heteroatoms. The Bertz CT molecular complexity index is 407. The summed E-state index contributed by atoms with van der Waals surface area (Å²) < 4.78 is 6.42. The van der Waals surface area contributed by atoms with Crippen LogP contribution in [0, 0.1) is 0 Å². The van der Waals surface area contributed by atoms with Crippen LogP contribution in [-0.2, 0) is 4.79 Å². The van der Waals surface area contributed by atoms with Crippen molar-refractivity contribution in [2.45, 2.75) is 25.8 Å². The fourth-order valence-corrected chi connectivity index (χ4v) is 1.73. The topological polar surface area (TPSA) is 72.5 Å². The lowest BCUT2D eigenvalue weighted by molar-refractivity contribution is -0.139. The Morgan fingerprint density at radius 3 is 2.71 bits per heavy atom. The maximum absolute atomic E-state index is 10.6. The normalized spacial score (nSPS) is 12.5. The number of hydrogen-bond acceptors (Lipinski definition) is 3. The number of carbonyl (C=O) groups is 1. The average molecular weight is 302 g/mol. The molecule has 0 amide bonds. The Balaban J connectivity index is 2.80. The second kappa shape index (κ2) is 6.02. The summed E-state index contributed by atoms with van der Waals surface area (Å²) in [6.07, 6.45) is 0. The number of ether oxygens (including phenoxy) is 1. The summed E-state index contributed by atoms with van der Waals surface area (Å²) >= 11 is 3.39. The molecule has 0 aliphatic rings. The van der Waals surface area contributed by atoms with E-state index in [4.69, 9.17) is 15.6 Å². The standard InChI is InChI=1S/C12H16BrNO3/c1-7(2)9-5-8(13)3-4-11(9)17-6-10(14)12(15)16/h3-5,7,10H,6,14H2,1-2H3,(H,15,16).